The van der Waals surface area contributed by atoms with Crippen LogP contribution in [0.2, 0.25) is 0 Å². The molecule has 2 heterocycles. The summed E-state index contributed by atoms with van der Waals surface area (Å²) < 4.78 is 0. The summed E-state index contributed by atoms with van der Waals surface area (Å²) in [6.07, 6.45) is 8.46. The molecule has 110 valence electrons. The molecule has 0 spiro atoms. The third kappa shape index (κ3) is 2.30. The fraction of sp³-hybridized carbons (Fsp3) is 0.750. The second-order valence-corrected chi connectivity index (χ2v) is 6.09. The van der Waals surface area contributed by atoms with Gasteiger partial charge in [0, 0.05) is 19.0 Å². The van der Waals surface area contributed by atoms with E-state index < -0.39 is 0 Å². The standard InChI is InChI=1S/C16H24N2O2/c1-5-8-12(6-2)18-14(11(3)4)16(20)17-10-7-9-13(17)15(18)19/h1,11-14H,6-10H2,2-4H3. The van der Waals surface area contributed by atoms with Crippen molar-refractivity contribution < 1.29 is 9.59 Å². The van der Waals surface area contributed by atoms with E-state index in [1.165, 1.54) is 0 Å². The van der Waals surface area contributed by atoms with Crippen LogP contribution >= 0.6 is 0 Å². The van der Waals surface area contributed by atoms with E-state index in [2.05, 4.69) is 5.92 Å². The minimum atomic E-state index is -0.352. The Morgan fingerprint density at radius 2 is 2.05 bits per heavy atom. The van der Waals surface area contributed by atoms with Crippen molar-refractivity contribution in [2.45, 2.75) is 64.6 Å². The lowest BCUT2D eigenvalue weighted by atomic mass is 9.92. The molecular weight excluding hydrogens is 252 g/mol. The van der Waals surface area contributed by atoms with E-state index in [1.54, 1.807) is 9.80 Å². The van der Waals surface area contributed by atoms with E-state index in [0.717, 1.165) is 25.8 Å². The third-order valence-electron chi connectivity index (χ3n) is 4.48. The fourth-order valence-corrected chi connectivity index (χ4v) is 3.47. The van der Waals surface area contributed by atoms with Crippen molar-refractivity contribution in [1.29, 1.82) is 0 Å². The Morgan fingerprint density at radius 3 is 2.60 bits per heavy atom. The maximum atomic E-state index is 12.8. The molecule has 3 unspecified atom stereocenters. The smallest absolute Gasteiger partial charge is 0.246 e. The average molecular weight is 276 g/mol. The van der Waals surface area contributed by atoms with Crippen LogP contribution in [0, 0.1) is 18.3 Å². The van der Waals surface area contributed by atoms with Gasteiger partial charge < -0.3 is 9.80 Å². The quantitative estimate of drug-likeness (QED) is 0.733. The van der Waals surface area contributed by atoms with Gasteiger partial charge in [0.25, 0.3) is 0 Å². The van der Waals surface area contributed by atoms with Crippen LogP contribution in [-0.2, 0) is 9.59 Å². The lowest BCUT2D eigenvalue weighted by Crippen LogP contribution is -2.66. The molecule has 3 atom stereocenters. The Balaban J connectivity index is 2.36. The first kappa shape index (κ1) is 14.9. The molecule has 0 aromatic carbocycles. The monoisotopic (exact) mass is 276 g/mol. The van der Waals surface area contributed by atoms with Crippen molar-refractivity contribution >= 4 is 11.8 Å². The van der Waals surface area contributed by atoms with Crippen LogP contribution in [0.3, 0.4) is 0 Å². The summed E-state index contributed by atoms with van der Waals surface area (Å²) in [7, 11) is 0. The Morgan fingerprint density at radius 1 is 1.35 bits per heavy atom. The Bertz CT molecular complexity index is 438. The van der Waals surface area contributed by atoms with E-state index in [4.69, 9.17) is 6.42 Å². The van der Waals surface area contributed by atoms with Gasteiger partial charge in [-0.05, 0) is 25.2 Å². The van der Waals surface area contributed by atoms with E-state index in [1.807, 2.05) is 20.8 Å². The molecule has 0 aromatic heterocycles. The number of hydrogen-bond acceptors (Lipinski definition) is 2. The summed E-state index contributed by atoms with van der Waals surface area (Å²) >= 11 is 0. The second kappa shape index (κ2) is 5.87. The molecule has 20 heavy (non-hydrogen) atoms. The predicted octanol–water partition coefficient (Wildman–Crippen LogP) is 1.65. The number of amides is 2. The van der Waals surface area contributed by atoms with Gasteiger partial charge in [-0.25, -0.2) is 0 Å². The lowest BCUT2D eigenvalue weighted by Gasteiger charge is -2.47. The number of nitrogens with zero attached hydrogens (tertiary/aromatic N) is 2. The molecule has 0 aliphatic carbocycles. The van der Waals surface area contributed by atoms with Crippen LogP contribution in [-0.4, -0.2) is 46.3 Å². The van der Waals surface area contributed by atoms with Crippen LogP contribution in [0.15, 0.2) is 0 Å². The summed E-state index contributed by atoms with van der Waals surface area (Å²) in [5.41, 5.74) is 0. The number of piperazine rings is 1. The van der Waals surface area contributed by atoms with Crippen molar-refractivity contribution in [3.8, 4) is 12.3 Å². The molecule has 4 heteroatoms. The highest BCUT2D eigenvalue weighted by Gasteiger charge is 2.50. The Kier molecular flexibility index (Phi) is 4.37. The molecular formula is C16H24N2O2. The van der Waals surface area contributed by atoms with Gasteiger partial charge in [-0.2, -0.15) is 0 Å². The van der Waals surface area contributed by atoms with Crippen LogP contribution in [0.4, 0.5) is 0 Å². The summed E-state index contributed by atoms with van der Waals surface area (Å²) in [5.74, 6) is 2.97. The van der Waals surface area contributed by atoms with E-state index in [0.29, 0.717) is 6.42 Å². The Labute approximate surface area is 121 Å². The molecule has 0 saturated carbocycles. The number of carbonyl (C=O) groups is 2. The number of terminal acetylenes is 1. The van der Waals surface area contributed by atoms with Gasteiger partial charge in [-0.1, -0.05) is 20.8 Å². The van der Waals surface area contributed by atoms with Gasteiger partial charge in [0.05, 0.1) is 0 Å². The zero-order valence-electron chi connectivity index (χ0n) is 12.6. The first-order chi connectivity index (χ1) is 9.52. The van der Waals surface area contributed by atoms with Gasteiger partial charge >= 0.3 is 0 Å². The lowest BCUT2D eigenvalue weighted by molar-refractivity contribution is -0.164. The van der Waals surface area contributed by atoms with Crippen molar-refractivity contribution in [3.05, 3.63) is 0 Å². The van der Waals surface area contributed by atoms with Crippen molar-refractivity contribution in [3.63, 3.8) is 0 Å². The highest BCUT2D eigenvalue weighted by Crippen LogP contribution is 2.32. The maximum absolute atomic E-state index is 12.8. The molecule has 0 aromatic rings. The summed E-state index contributed by atoms with van der Waals surface area (Å²) in [5, 5.41) is 0. The second-order valence-electron chi connectivity index (χ2n) is 6.09. The first-order valence-corrected chi connectivity index (χ1v) is 7.59. The number of fused-ring (bicyclic) bond motifs is 1. The molecule has 2 rings (SSSR count). The van der Waals surface area contributed by atoms with Crippen LogP contribution in [0.1, 0.15) is 46.5 Å². The fourth-order valence-electron chi connectivity index (χ4n) is 3.47. The molecule has 0 radical (unpaired) electrons. The molecule has 2 saturated heterocycles. The number of hydrogen-bond donors (Lipinski definition) is 0. The summed E-state index contributed by atoms with van der Waals surface area (Å²) in [6.45, 7) is 6.75. The molecule has 2 aliphatic rings. The zero-order chi connectivity index (χ0) is 14.9. The van der Waals surface area contributed by atoms with Crippen LogP contribution in [0.5, 0.6) is 0 Å². The topological polar surface area (TPSA) is 40.6 Å². The van der Waals surface area contributed by atoms with E-state index in [-0.39, 0.29) is 35.9 Å². The minimum absolute atomic E-state index is 0.0217. The highest BCUT2D eigenvalue weighted by atomic mass is 16.2. The molecule has 4 nitrogen and oxygen atoms in total. The van der Waals surface area contributed by atoms with Crippen molar-refractivity contribution in [2.75, 3.05) is 6.54 Å². The predicted molar refractivity (Wildman–Crippen MR) is 77.7 cm³/mol. The van der Waals surface area contributed by atoms with Crippen molar-refractivity contribution in [2.24, 2.45) is 5.92 Å². The highest BCUT2D eigenvalue weighted by molar-refractivity contribution is 5.97. The minimum Gasteiger partial charge on any atom is -0.329 e. The Hall–Kier alpha value is -1.50. The van der Waals surface area contributed by atoms with Crippen molar-refractivity contribution in [1.82, 2.24) is 9.80 Å². The number of carbonyl (C=O) groups excluding carboxylic acids is 2. The van der Waals surface area contributed by atoms with Crippen LogP contribution in [0.25, 0.3) is 0 Å². The molecule has 2 aliphatic heterocycles. The molecule has 0 bridgehead atoms. The van der Waals surface area contributed by atoms with Crippen LogP contribution < -0.4 is 0 Å². The van der Waals surface area contributed by atoms with Gasteiger partial charge in [0.1, 0.15) is 12.1 Å². The maximum Gasteiger partial charge on any atom is 0.246 e. The normalized spacial score (nSPS) is 27.8. The van der Waals surface area contributed by atoms with Gasteiger partial charge in [0.2, 0.25) is 11.8 Å². The largest absolute Gasteiger partial charge is 0.329 e. The molecule has 2 fully saturated rings. The first-order valence-electron chi connectivity index (χ1n) is 7.59. The SMILES string of the molecule is C#CCC(CC)N1C(=O)C2CCCN2C(=O)C1C(C)C. The van der Waals surface area contributed by atoms with Gasteiger partial charge in [0.15, 0.2) is 0 Å². The number of rotatable bonds is 4. The van der Waals surface area contributed by atoms with Gasteiger partial charge in [-0.15, -0.1) is 12.3 Å². The van der Waals surface area contributed by atoms with E-state index in [9.17, 15) is 9.59 Å². The van der Waals surface area contributed by atoms with Gasteiger partial charge in [-0.3, -0.25) is 9.59 Å². The molecule has 2 amide bonds. The molecule has 0 N–H and O–H groups in total. The zero-order valence-corrected chi connectivity index (χ0v) is 12.6. The summed E-state index contributed by atoms with van der Waals surface area (Å²) in [6, 6.07) is -0.619. The average Bonchev–Trinajstić information content (AvgIpc) is 2.89. The summed E-state index contributed by atoms with van der Waals surface area (Å²) in [4.78, 5) is 29.1. The third-order valence-corrected chi connectivity index (χ3v) is 4.48. The van der Waals surface area contributed by atoms with E-state index >= 15 is 0 Å².